The molecule has 1 saturated heterocycles. The first-order valence-electron chi connectivity index (χ1n) is 9.17. The first-order chi connectivity index (χ1) is 13.2. The smallest absolute Gasteiger partial charge is 0.440 e. The molecular weight excluding hydrogens is 346 g/mol. The van der Waals surface area contributed by atoms with Gasteiger partial charge < -0.3 is 14.3 Å². The fraction of sp³-hybridized carbons (Fsp3) is 0.333. The van der Waals surface area contributed by atoms with Crippen LogP contribution in [0.15, 0.2) is 48.5 Å². The minimum Gasteiger partial charge on any atom is -0.446 e. The Morgan fingerprint density at radius 1 is 1.00 bits per heavy atom. The fourth-order valence-corrected chi connectivity index (χ4v) is 3.71. The maximum absolute atomic E-state index is 12.0. The van der Waals surface area contributed by atoms with Gasteiger partial charge in [-0.1, -0.05) is 48.5 Å². The molecule has 1 aliphatic heterocycles. The third kappa shape index (κ3) is 3.66. The van der Waals surface area contributed by atoms with Crippen LogP contribution in [0, 0.1) is 0 Å². The van der Waals surface area contributed by atoms with Gasteiger partial charge in [0.05, 0.1) is 0 Å². The largest absolute Gasteiger partial charge is 0.446 e. The van der Waals surface area contributed by atoms with Gasteiger partial charge in [0.1, 0.15) is 6.61 Å². The van der Waals surface area contributed by atoms with E-state index in [-0.39, 0.29) is 12.5 Å². The lowest BCUT2D eigenvalue weighted by Crippen LogP contribution is -2.36. The Balaban J connectivity index is 1.34. The second-order valence-electron chi connectivity index (χ2n) is 6.70. The Morgan fingerprint density at radius 3 is 2.30 bits per heavy atom. The van der Waals surface area contributed by atoms with Gasteiger partial charge in [-0.25, -0.2) is 9.59 Å². The van der Waals surface area contributed by atoms with E-state index in [0.717, 1.165) is 35.1 Å². The first kappa shape index (κ1) is 17.5. The Morgan fingerprint density at radius 2 is 1.67 bits per heavy atom. The summed E-state index contributed by atoms with van der Waals surface area (Å²) in [5, 5.41) is 0. The molecule has 1 aliphatic carbocycles. The second-order valence-corrected chi connectivity index (χ2v) is 6.70. The van der Waals surface area contributed by atoms with E-state index in [0.29, 0.717) is 13.0 Å². The normalized spacial score (nSPS) is 18.3. The molecule has 1 fully saturated rings. The Bertz CT molecular complexity index is 798. The lowest BCUT2D eigenvalue weighted by Gasteiger charge is -2.20. The van der Waals surface area contributed by atoms with Crippen LogP contribution in [0.3, 0.4) is 0 Å². The maximum Gasteiger partial charge on any atom is 0.440 e. The van der Waals surface area contributed by atoms with Crippen molar-refractivity contribution < 1.29 is 23.9 Å². The molecule has 0 bridgehead atoms. The first-order valence-corrected chi connectivity index (χ1v) is 9.17. The molecule has 1 heterocycles. The number of ether oxygens (including phenoxy) is 2. The number of hydroxylamine groups is 1. The molecule has 2 aliphatic rings. The molecule has 2 aromatic rings. The van der Waals surface area contributed by atoms with Crippen LogP contribution >= 0.6 is 0 Å². The van der Waals surface area contributed by atoms with E-state index in [2.05, 4.69) is 17.6 Å². The molecule has 0 radical (unpaired) electrons. The molecule has 0 spiro atoms. The molecule has 4 rings (SSSR count). The Labute approximate surface area is 157 Å². The third-order valence-corrected chi connectivity index (χ3v) is 5.02. The highest BCUT2D eigenvalue weighted by Crippen LogP contribution is 2.44. The average molecular weight is 367 g/mol. The summed E-state index contributed by atoms with van der Waals surface area (Å²) in [6, 6.07) is 16.2. The highest BCUT2D eigenvalue weighted by molar-refractivity contribution is 5.79. The van der Waals surface area contributed by atoms with Gasteiger partial charge in [-0.2, -0.15) is 0 Å². The number of hydrogen-bond donors (Lipinski definition) is 1. The van der Waals surface area contributed by atoms with Crippen molar-refractivity contribution in [1.82, 2.24) is 5.48 Å². The van der Waals surface area contributed by atoms with E-state index in [9.17, 15) is 9.59 Å². The molecular formula is C21H21NO5. The van der Waals surface area contributed by atoms with Crippen LogP contribution in [0.4, 0.5) is 4.79 Å². The molecule has 2 aromatic carbocycles. The highest BCUT2D eigenvalue weighted by Gasteiger charge is 2.29. The SMILES string of the molecule is O=C(NOC(=O)C1CCCCO1)OCC1c2ccccc2-c2ccccc21. The number of rotatable bonds is 3. The number of fused-ring (bicyclic) bond motifs is 3. The molecule has 6 heteroatoms. The zero-order chi connectivity index (χ0) is 18.6. The fourth-order valence-electron chi connectivity index (χ4n) is 3.71. The third-order valence-electron chi connectivity index (χ3n) is 5.02. The molecule has 27 heavy (non-hydrogen) atoms. The zero-order valence-corrected chi connectivity index (χ0v) is 14.9. The van der Waals surface area contributed by atoms with Crippen LogP contribution in [0.2, 0.25) is 0 Å². The molecule has 6 nitrogen and oxygen atoms in total. The summed E-state index contributed by atoms with van der Waals surface area (Å²) in [4.78, 5) is 28.6. The van der Waals surface area contributed by atoms with Crippen LogP contribution in [0.25, 0.3) is 11.1 Å². The van der Waals surface area contributed by atoms with Gasteiger partial charge in [0.2, 0.25) is 0 Å². The summed E-state index contributed by atoms with van der Waals surface area (Å²) < 4.78 is 10.6. The topological polar surface area (TPSA) is 73.9 Å². The molecule has 1 amide bonds. The quantitative estimate of drug-likeness (QED) is 0.840. The summed E-state index contributed by atoms with van der Waals surface area (Å²) in [5.41, 5.74) is 6.62. The minimum atomic E-state index is -0.791. The summed E-state index contributed by atoms with van der Waals surface area (Å²) in [6.45, 7) is 0.696. The van der Waals surface area contributed by atoms with Gasteiger partial charge in [0, 0.05) is 12.5 Å². The van der Waals surface area contributed by atoms with Crippen LogP contribution < -0.4 is 5.48 Å². The van der Waals surface area contributed by atoms with Gasteiger partial charge in [-0.05, 0) is 41.5 Å². The van der Waals surface area contributed by atoms with Crippen molar-refractivity contribution in [2.45, 2.75) is 31.3 Å². The summed E-state index contributed by atoms with van der Waals surface area (Å²) >= 11 is 0. The monoisotopic (exact) mass is 367 g/mol. The zero-order valence-electron chi connectivity index (χ0n) is 14.9. The van der Waals surface area contributed by atoms with E-state index in [4.69, 9.17) is 14.3 Å². The summed E-state index contributed by atoms with van der Waals surface area (Å²) in [6.07, 6.45) is 1.04. The lowest BCUT2D eigenvalue weighted by atomic mass is 9.98. The second kappa shape index (κ2) is 7.80. The van der Waals surface area contributed by atoms with Crippen molar-refractivity contribution in [2.24, 2.45) is 0 Å². The van der Waals surface area contributed by atoms with E-state index < -0.39 is 18.2 Å². The van der Waals surface area contributed by atoms with Crippen molar-refractivity contribution in [3.8, 4) is 11.1 Å². The Kier molecular flexibility index (Phi) is 5.07. The predicted molar refractivity (Wildman–Crippen MR) is 97.9 cm³/mol. The van der Waals surface area contributed by atoms with Crippen LogP contribution in [-0.4, -0.2) is 31.4 Å². The summed E-state index contributed by atoms with van der Waals surface area (Å²) in [7, 11) is 0. The van der Waals surface area contributed by atoms with Gasteiger partial charge >= 0.3 is 12.1 Å². The van der Waals surface area contributed by atoms with Gasteiger partial charge in [0.15, 0.2) is 6.10 Å². The Hall–Kier alpha value is -2.86. The van der Waals surface area contributed by atoms with Crippen LogP contribution in [-0.2, 0) is 19.1 Å². The van der Waals surface area contributed by atoms with Crippen LogP contribution in [0.1, 0.15) is 36.3 Å². The molecule has 1 N–H and O–H groups in total. The highest BCUT2D eigenvalue weighted by atomic mass is 16.7. The van der Waals surface area contributed by atoms with Gasteiger partial charge in [-0.3, -0.25) is 0 Å². The van der Waals surface area contributed by atoms with Gasteiger partial charge in [-0.15, -0.1) is 5.48 Å². The predicted octanol–water partition coefficient (Wildman–Crippen LogP) is 3.55. The number of benzene rings is 2. The van der Waals surface area contributed by atoms with Crippen molar-refractivity contribution >= 4 is 12.1 Å². The molecule has 0 aromatic heterocycles. The van der Waals surface area contributed by atoms with Crippen molar-refractivity contribution in [2.75, 3.05) is 13.2 Å². The maximum atomic E-state index is 12.0. The lowest BCUT2D eigenvalue weighted by molar-refractivity contribution is -0.166. The van der Waals surface area contributed by atoms with Crippen molar-refractivity contribution in [1.29, 1.82) is 0 Å². The molecule has 140 valence electrons. The minimum absolute atomic E-state index is 0.0412. The van der Waals surface area contributed by atoms with Crippen molar-refractivity contribution in [3.05, 3.63) is 59.7 Å². The number of carbonyl (C=O) groups is 2. The van der Waals surface area contributed by atoms with E-state index in [1.807, 2.05) is 36.4 Å². The van der Waals surface area contributed by atoms with E-state index in [1.165, 1.54) is 0 Å². The molecule has 0 saturated carbocycles. The molecule has 1 unspecified atom stereocenters. The van der Waals surface area contributed by atoms with Gasteiger partial charge in [0.25, 0.3) is 0 Å². The van der Waals surface area contributed by atoms with E-state index >= 15 is 0 Å². The number of nitrogens with one attached hydrogen (secondary N) is 1. The average Bonchev–Trinajstić information content (AvgIpc) is 3.05. The molecule has 1 atom stereocenters. The number of carbonyl (C=O) groups excluding carboxylic acids is 2. The number of amides is 1. The van der Waals surface area contributed by atoms with Crippen LogP contribution in [0.5, 0.6) is 0 Å². The van der Waals surface area contributed by atoms with Crippen molar-refractivity contribution in [3.63, 3.8) is 0 Å². The van der Waals surface area contributed by atoms with E-state index in [1.54, 1.807) is 0 Å². The summed E-state index contributed by atoms with van der Waals surface area (Å²) in [5.74, 6) is -0.635. The number of hydrogen-bond acceptors (Lipinski definition) is 5. The standard InChI is InChI=1S/C21H21NO5/c23-20(19-11-5-6-12-25-19)27-22-21(24)26-13-18-16-9-3-1-7-14(16)15-8-2-4-10-17(15)18/h1-4,7-10,18-19H,5-6,11-13H2,(H,22,24).